The number of carbonyl (C=O) groups is 2. The molecule has 2 N–H and O–H groups in total. The van der Waals surface area contributed by atoms with Gasteiger partial charge in [0.15, 0.2) is 0 Å². The fourth-order valence-corrected chi connectivity index (χ4v) is 0.258. The van der Waals surface area contributed by atoms with Crippen LogP contribution in [-0.2, 0) is 9.59 Å². The molecular weight excluding hydrogens is 170 g/mol. The van der Waals surface area contributed by atoms with Crippen LogP contribution in [0.25, 0.3) is 0 Å². The minimum absolute atomic E-state index is 0. The van der Waals surface area contributed by atoms with Gasteiger partial charge in [-0.05, 0) is 0 Å². The number of hydrogen-bond donors (Lipinski definition) is 2. The van der Waals surface area contributed by atoms with Gasteiger partial charge in [0.1, 0.15) is 0 Å². The molecular formula is C5H6Na2O4. The van der Waals surface area contributed by atoms with Crippen LogP contribution in [0.2, 0.25) is 0 Å². The van der Waals surface area contributed by atoms with Crippen molar-refractivity contribution in [1.29, 1.82) is 0 Å². The summed E-state index contributed by atoms with van der Waals surface area (Å²) in [6, 6.07) is 0. The van der Waals surface area contributed by atoms with E-state index in [2.05, 4.69) is 6.58 Å². The third kappa shape index (κ3) is 10.7. The summed E-state index contributed by atoms with van der Waals surface area (Å²) in [7, 11) is 0. The van der Waals surface area contributed by atoms with E-state index in [0.717, 1.165) is 0 Å². The SMILES string of the molecule is C=C(CC(=O)O)C(=O)O.[Na].[Na]. The molecule has 0 unspecified atom stereocenters. The van der Waals surface area contributed by atoms with Gasteiger partial charge in [0.05, 0.1) is 6.42 Å². The maximum absolute atomic E-state index is 9.87. The zero-order valence-corrected chi connectivity index (χ0v) is 10.6. The second kappa shape index (κ2) is 8.77. The Kier molecular flexibility index (Phi) is 14.1. The zero-order valence-electron chi connectivity index (χ0n) is 6.63. The largest absolute Gasteiger partial charge is 0.481 e. The predicted molar refractivity (Wildman–Crippen MR) is 40.5 cm³/mol. The van der Waals surface area contributed by atoms with E-state index in [9.17, 15) is 9.59 Å². The molecule has 0 rings (SSSR count). The van der Waals surface area contributed by atoms with Crippen molar-refractivity contribution < 1.29 is 19.8 Å². The Morgan fingerprint density at radius 3 is 1.64 bits per heavy atom. The number of rotatable bonds is 3. The number of aliphatic carboxylic acids is 2. The molecule has 0 aromatic carbocycles. The zero-order chi connectivity index (χ0) is 7.44. The van der Waals surface area contributed by atoms with Crippen LogP contribution in [-0.4, -0.2) is 81.3 Å². The number of carboxylic acids is 2. The van der Waals surface area contributed by atoms with Gasteiger partial charge in [-0.15, -0.1) is 0 Å². The Morgan fingerprint density at radius 1 is 1.18 bits per heavy atom. The third-order valence-corrected chi connectivity index (χ3v) is 0.667. The minimum Gasteiger partial charge on any atom is -0.481 e. The molecule has 0 fully saturated rings. The van der Waals surface area contributed by atoms with Crippen LogP contribution < -0.4 is 0 Å². The second-order valence-corrected chi connectivity index (χ2v) is 1.48. The van der Waals surface area contributed by atoms with Gasteiger partial charge >= 0.3 is 11.9 Å². The van der Waals surface area contributed by atoms with E-state index in [1.54, 1.807) is 0 Å². The van der Waals surface area contributed by atoms with Crippen molar-refractivity contribution in [3.05, 3.63) is 12.2 Å². The summed E-state index contributed by atoms with van der Waals surface area (Å²) in [5.74, 6) is -2.44. The van der Waals surface area contributed by atoms with Gasteiger partial charge in [-0.1, -0.05) is 6.58 Å². The molecule has 52 valence electrons. The van der Waals surface area contributed by atoms with Crippen LogP contribution in [0.4, 0.5) is 0 Å². The van der Waals surface area contributed by atoms with Crippen molar-refractivity contribution in [2.75, 3.05) is 0 Å². The molecule has 0 amide bonds. The van der Waals surface area contributed by atoms with Crippen LogP contribution in [0.1, 0.15) is 6.42 Å². The first-order valence-corrected chi connectivity index (χ1v) is 2.17. The molecule has 0 saturated heterocycles. The van der Waals surface area contributed by atoms with Gasteiger partial charge < -0.3 is 10.2 Å². The Bertz CT molecular complexity index is 166. The van der Waals surface area contributed by atoms with E-state index in [-0.39, 0.29) is 64.7 Å². The average Bonchev–Trinajstić information content (AvgIpc) is 1.63. The van der Waals surface area contributed by atoms with Gasteiger partial charge in [0.2, 0.25) is 0 Å². The first kappa shape index (κ1) is 17.7. The van der Waals surface area contributed by atoms with Crippen molar-refractivity contribution in [2.45, 2.75) is 6.42 Å². The molecule has 2 radical (unpaired) electrons. The van der Waals surface area contributed by atoms with Gasteiger partial charge in [-0.2, -0.15) is 0 Å². The Balaban J connectivity index is -0.000000320. The van der Waals surface area contributed by atoms with Gasteiger partial charge in [0, 0.05) is 64.7 Å². The summed E-state index contributed by atoms with van der Waals surface area (Å²) < 4.78 is 0. The molecule has 0 aromatic rings. The summed E-state index contributed by atoms with van der Waals surface area (Å²) in [5, 5.41) is 16.1. The van der Waals surface area contributed by atoms with Crippen molar-refractivity contribution in [1.82, 2.24) is 0 Å². The topological polar surface area (TPSA) is 74.6 Å². The third-order valence-electron chi connectivity index (χ3n) is 0.667. The fraction of sp³-hybridized carbons (Fsp3) is 0.200. The molecule has 6 heteroatoms. The van der Waals surface area contributed by atoms with E-state index >= 15 is 0 Å². The summed E-state index contributed by atoms with van der Waals surface area (Å²) >= 11 is 0. The van der Waals surface area contributed by atoms with Crippen LogP contribution in [0, 0.1) is 0 Å². The van der Waals surface area contributed by atoms with Crippen molar-refractivity contribution >= 4 is 71.1 Å². The van der Waals surface area contributed by atoms with Crippen LogP contribution in [0.5, 0.6) is 0 Å². The van der Waals surface area contributed by atoms with Crippen molar-refractivity contribution in [3.63, 3.8) is 0 Å². The molecule has 0 saturated carbocycles. The molecule has 0 atom stereocenters. The molecule has 0 bridgehead atoms. The molecule has 0 spiro atoms. The van der Waals surface area contributed by atoms with Crippen LogP contribution in [0.3, 0.4) is 0 Å². The average molecular weight is 176 g/mol. The molecule has 0 aliphatic heterocycles. The van der Waals surface area contributed by atoms with Gasteiger partial charge in [-0.3, -0.25) is 4.79 Å². The standard InChI is InChI=1S/C5H6O4.2Na/c1-3(5(8)9)2-4(6)7;;/h1-2H2,(H,6,7)(H,8,9);;. The van der Waals surface area contributed by atoms with E-state index in [1.165, 1.54) is 0 Å². The molecule has 0 aliphatic carbocycles. The summed E-state index contributed by atoms with van der Waals surface area (Å²) in [4.78, 5) is 19.7. The quantitative estimate of drug-likeness (QED) is 0.442. The van der Waals surface area contributed by atoms with Crippen molar-refractivity contribution in [2.24, 2.45) is 0 Å². The Labute approximate surface area is 108 Å². The van der Waals surface area contributed by atoms with Gasteiger partial charge in [-0.25, -0.2) is 4.79 Å². The fourth-order valence-electron chi connectivity index (χ4n) is 0.258. The number of carboxylic acid groups (broad SMARTS) is 2. The Hall–Kier alpha value is 0.680. The summed E-state index contributed by atoms with van der Waals surface area (Å²) in [6.07, 6.45) is -0.505. The summed E-state index contributed by atoms with van der Waals surface area (Å²) in [6.45, 7) is 3.01. The van der Waals surface area contributed by atoms with Crippen molar-refractivity contribution in [3.8, 4) is 0 Å². The molecule has 4 nitrogen and oxygen atoms in total. The summed E-state index contributed by atoms with van der Waals surface area (Å²) in [5.41, 5.74) is -0.303. The Morgan fingerprint density at radius 2 is 1.55 bits per heavy atom. The van der Waals surface area contributed by atoms with E-state index in [0.29, 0.717) is 0 Å². The van der Waals surface area contributed by atoms with Crippen LogP contribution >= 0.6 is 0 Å². The molecule has 0 heterocycles. The van der Waals surface area contributed by atoms with E-state index in [4.69, 9.17) is 10.2 Å². The molecule has 0 aliphatic rings. The van der Waals surface area contributed by atoms with Gasteiger partial charge in [0.25, 0.3) is 0 Å². The minimum atomic E-state index is -1.27. The maximum atomic E-state index is 9.87. The number of hydrogen-bond acceptors (Lipinski definition) is 2. The first-order valence-electron chi connectivity index (χ1n) is 2.17. The van der Waals surface area contributed by atoms with E-state index in [1.807, 2.05) is 0 Å². The predicted octanol–water partition coefficient (Wildman–Crippen LogP) is -0.660. The second-order valence-electron chi connectivity index (χ2n) is 1.48. The molecule has 11 heavy (non-hydrogen) atoms. The van der Waals surface area contributed by atoms with Crippen LogP contribution in [0.15, 0.2) is 12.2 Å². The maximum Gasteiger partial charge on any atom is 0.331 e. The normalized spacial score (nSPS) is 6.91. The first-order chi connectivity index (χ1) is 4.04. The monoisotopic (exact) mass is 176 g/mol. The molecule has 0 aromatic heterocycles. The smallest absolute Gasteiger partial charge is 0.331 e. The van der Waals surface area contributed by atoms with E-state index < -0.39 is 18.4 Å².